The van der Waals surface area contributed by atoms with Gasteiger partial charge in [-0.3, -0.25) is 14.4 Å². The quantitative estimate of drug-likeness (QED) is 0.0331. The maximum Gasteiger partial charge on any atom is 0.407 e. The number of nitrogens with two attached hydrogens (primary N) is 1. The molecule has 25 heteroatoms. The Labute approximate surface area is 546 Å². The van der Waals surface area contributed by atoms with E-state index in [1.54, 1.807) is 15.3 Å². The molecule has 1 radical (unpaired) electrons. The Morgan fingerprint density at radius 2 is 1.01 bits per heavy atom. The number of aromatic amines is 1. The summed E-state index contributed by atoms with van der Waals surface area (Å²) in [5.74, 6) is -2.63. The minimum Gasteiger partial charge on any atom is -0.544 e. The zero-order valence-electron chi connectivity index (χ0n) is 50.4. The number of hydrogen-bond donors (Lipinski definition) is 5. The molecule has 90 heavy (non-hydrogen) atoms. The molecule has 0 spiro atoms. The standard InChI is InChI=1S/C19H19FN2O4S.C18H16FN2O4S.C18H24N2O4.C10H12N2.Y/c1-26-19(23)13-22-12-14(17-4-2-3-5-18(17)22)10-11-21-27(24,25)16-8-6-15(20)7-9-16;19-14-5-7-15(8-6-14)26(24,25)20-10-9-13-11-21(12-18(22)23)17-4-2-1-3-16(13)17;1-18(2,3)24-17(22)19-10-9-13-11-20(12-16(21)23-4)15-8-6-5-7-14(13)15;11-6-5-8-7-12-10-4-2-1-3-9(8)10;/h2-9,12,21H,10-11,13H2,1H3;1-8,11H,9-10,12H2,(H,22,23);5-8,11H,9-10,12H2,1-4H3,(H,19,22);1-4,7,12H,5-6,11H2;/q;-1;;;. The van der Waals surface area contributed by atoms with Gasteiger partial charge in [-0.15, -0.1) is 6.54 Å². The van der Waals surface area contributed by atoms with Gasteiger partial charge in [-0.1, -0.05) is 72.8 Å². The van der Waals surface area contributed by atoms with E-state index in [-0.39, 0.29) is 87.2 Å². The summed E-state index contributed by atoms with van der Waals surface area (Å²) in [5, 5.41) is 15.9. The summed E-state index contributed by atoms with van der Waals surface area (Å²) in [4.78, 5) is 49.0. The second kappa shape index (κ2) is 33.1. The normalized spacial score (nSPS) is 11.3. The van der Waals surface area contributed by atoms with Crippen molar-refractivity contribution in [3.05, 3.63) is 209 Å². The maximum atomic E-state index is 13.0. The van der Waals surface area contributed by atoms with Gasteiger partial charge in [0.15, 0.2) is 0 Å². The van der Waals surface area contributed by atoms with E-state index < -0.39 is 49.3 Å². The van der Waals surface area contributed by atoms with E-state index >= 15 is 0 Å². The van der Waals surface area contributed by atoms with Crippen LogP contribution in [0.5, 0.6) is 0 Å². The van der Waals surface area contributed by atoms with Crippen LogP contribution in [-0.2, 0) is 127 Å². The predicted molar refractivity (Wildman–Crippen MR) is 337 cm³/mol. The molecule has 0 aliphatic carbocycles. The van der Waals surface area contributed by atoms with E-state index in [4.69, 9.17) is 25.1 Å². The Morgan fingerprint density at radius 3 is 1.48 bits per heavy atom. The molecule has 10 rings (SSSR count). The van der Waals surface area contributed by atoms with Gasteiger partial charge >= 0.3 is 24.0 Å². The molecule has 6 aromatic carbocycles. The summed E-state index contributed by atoms with van der Waals surface area (Å²) >= 11 is 0. The Balaban J connectivity index is 0.000000196. The number of carbonyl (C=O) groups is 4. The van der Waals surface area contributed by atoms with Crippen LogP contribution in [-0.4, -0.2) is 111 Å². The third-order valence-corrected chi connectivity index (χ3v) is 16.6. The zero-order chi connectivity index (χ0) is 64.3. The van der Waals surface area contributed by atoms with Gasteiger partial charge in [-0.2, -0.15) is 0 Å². The summed E-state index contributed by atoms with van der Waals surface area (Å²) in [5.41, 5.74) is 12.9. The van der Waals surface area contributed by atoms with Crippen molar-refractivity contribution in [1.82, 2.24) is 28.7 Å². The Hall–Kier alpha value is -8.10. The number of benzene rings is 6. The first-order chi connectivity index (χ1) is 42.5. The summed E-state index contributed by atoms with van der Waals surface area (Å²) in [6.07, 6.45) is 9.45. The molecule has 1 amide bonds. The van der Waals surface area contributed by atoms with Crippen LogP contribution in [0.4, 0.5) is 13.6 Å². The number of carboxylic acid groups (broad SMARTS) is 1. The number of esters is 2. The molecule has 0 saturated heterocycles. The van der Waals surface area contributed by atoms with E-state index in [2.05, 4.69) is 37.9 Å². The van der Waals surface area contributed by atoms with Crippen molar-refractivity contribution in [1.29, 1.82) is 0 Å². The number of amides is 1. The molecule has 0 bridgehead atoms. The number of aliphatic carboxylic acids is 1. The number of nitrogens with one attached hydrogen (secondary N) is 3. The van der Waals surface area contributed by atoms with E-state index in [1.807, 2.05) is 123 Å². The van der Waals surface area contributed by atoms with Gasteiger partial charge in [0.05, 0.1) is 19.1 Å². The van der Waals surface area contributed by atoms with Crippen molar-refractivity contribution in [2.75, 3.05) is 40.4 Å². The number of nitrogens with zero attached hydrogens (tertiary/aromatic N) is 4. The molecule has 0 fully saturated rings. The number of carboxylic acids is 1. The number of methoxy groups -OCH3 is 2. The van der Waals surface area contributed by atoms with Crippen LogP contribution in [0.15, 0.2) is 180 Å². The number of sulfonamides is 2. The Bertz CT molecular complexity index is 4280. The van der Waals surface area contributed by atoms with E-state index in [0.717, 1.165) is 80.1 Å². The second-order valence-corrected chi connectivity index (χ2v) is 24.6. The first kappa shape index (κ1) is 71.0. The van der Waals surface area contributed by atoms with Gasteiger partial charge in [0.25, 0.3) is 0 Å². The first-order valence-corrected chi connectivity index (χ1v) is 31.1. The maximum absolute atomic E-state index is 13.0. The molecule has 4 heterocycles. The van der Waals surface area contributed by atoms with Gasteiger partial charge < -0.3 is 53.8 Å². The molecule has 6 N–H and O–H groups in total. The minimum absolute atomic E-state index is 0. The third kappa shape index (κ3) is 20.2. The molecule has 0 atom stereocenters. The Kier molecular flexibility index (Phi) is 26.1. The molecule has 20 nitrogen and oxygen atoms in total. The predicted octanol–water partition coefficient (Wildman–Crippen LogP) is 10.2. The molecule has 473 valence electrons. The fourth-order valence-electron chi connectivity index (χ4n) is 9.60. The van der Waals surface area contributed by atoms with Crippen LogP contribution < -0.4 is 15.8 Å². The molecule has 4 aromatic heterocycles. The van der Waals surface area contributed by atoms with Gasteiger partial charge in [0.1, 0.15) is 46.9 Å². The van der Waals surface area contributed by atoms with Gasteiger partial charge in [-0.05, 0) is 148 Å². The van der Waals surface area contributed by atoms with E-state index in [1.165, 1.54) is 55.0 Å². The number of para-hydroxylation sites is 4. The smallest absolute Gasteiger partial charge is 0.407 e. The summed E-state index contributed by atoms with van der Waals surface area (Å²) < 4.78 is 101. The number of rotatable bonds is 21. The number of carbonyl (C=O) groups excluding carboxylic acids is 3. The number of ether oxygens (including phenoxy) is 3. The van der Waals surface area contributed by atoms with Gasteiger partial charge in [0.2, 0.25) is 10.0 Å². The van der Waals surface area contributed by atoms with Crippen molar-refractivity contribution >= 4 is 87.7 Å². The zero-order valence-corrected chi connectivity index (χ0v) is 54.9. The van der Waals surface area contributed by atoms with Crippen molar-refractivity contribution < 1.29 is 96.8 Å². The fourth-order valence-corrected chi connectivity index (χ4v) is 11.6. The van der Waals surface area contributed by atoms with Crippen molar-refractivity contribution in [3.8, 4) is 0 Å². The molecular weight excluding hydrogens is 1280 g/mol. The Morgan fingerprint density at radius 1 is 0.578 bits per heavy atom. The molecule has 0 aliphatic heterocycles. The van der Waals surface area contributed by atoms with E-state index in [0.29, 0.717) is 32.4 Å². The van der Waals surface area contributed by atoms with Gasteiger partial charge in [0, 0.05) is 119 Å². The van der Waals surface area contributed by atoms with Crippen LogP contribution in [0.1, 0.15) is 43.0 Å². The number of halogens is 2. The van der Waals surface area contributed by atoms with Crippen LogP contribution in [0.25, 0.3) is 48.3 Å². The van der Waals surface area contributed by atoms with Crippen LogP contribution in [0, 0.1) is 11.6 Å². The second-order valence-electron chi connectivity index (χ2n) is 21.2. The number of fused-ring (bicyclic) bond motifs is 4. The third-order valence-electron chi connectivity index (χ3n) is 13.7. The largest absolute Gasteiger partial charge is 0.544 e. The molecule has 0 unspecified atom stereocenters. The topological polar surface area (TPSA) is 279 Å². The van der Waals surface area contributed by atoms with E-state index in [9.17, 15) is 44.8 Å². The van der Waals surface area contributed by atoms with Crippen LogP contribution >= 0.6 is 0 Å². The number of aromatic nitrogens is 4. The first-order valence-electron chi connectivity index (χ1n) is 28.2. The van der Waals surface area contributed by atoms with Crippen molar-refractivity contribution in [2.45, 2.75) is 81.5 Å². The molecular formula is C65H71F2N8O12S2Y-. The number of H-pyrrole nitrogens is 1. The number of hydrogen-bond acceptors (Lipinski definition) is 12. The fraction of sp³-hybridized carbons (Fsp3) is 0.262. The average Bonchev–Trinajstić information content (AvgIpc) is 1.82. The molecule has 0 aliphatic rings. The van der Waals surface area contributed by atoms with Crippen LogP contribution in [0.2, 0.25) is 0 Å². The minimum atomic E-state index is -3.86. The monoisotopic (exact) mass is 1350 g/mol. The van der Waals surface area contributed by atoms with Gasteiger partial charge in [-0.25, -0.2) is 35.1 Å². The summed E-state index contributed by atoms with van der Waals surface area (Å²) in [6.45, 7) is 6.91. The summed E-state index contributed by atoms with van der Waals surface area (Å²) in [6, 6.07) is 40.2. The summed E-state index contributed by atoms with van der Waals surface area (Å²) in [7, 11) is -4.86. The SMILES string of the molecule is COC(=O)Cn1cc(CCNC(=O)OC(C)(C)C)c2ccccc21.COC(=O)Cn1cc(CCNS(=O)(=O)c2ccc(F)cc2)c2ccccc21.NCCc1c[nH]c2ccccc12.O=C(O)Cn1cc(CC[N-]S(=O)(=O)c2ccc(F)cc2)c2ccccc21.[Y]. The molecule has 10 aromatic rings. The molecule has 0 saturated carbocycles. The number of alkyl carbamates (subject to hydrolysis) is 1. The average molecular weight is 1350 g/mol. The van der Waals surface area contributed by atoms with Crippen molar-refractivity contribution in [3.63, 3.8) is 0 Å². The van der Waals surface area contributed by atoms with Crippen molar-refractivity contribution in [2.24, 2.45) is 5.73 Å². The van der Waals surface area contributed by atoms with Crippen LogP contribution in [0.3, 0.4) is 0 Å².